The van der Waals surface area contributed by atoms with Crippen LogP contribution < -0.4 is 15.8 Å². The predicted octanol–water partition coefficient (Wildman–Crippen LogP) is 2.70. The molecule has 0 fully saturated rings. The second kappa shape index (κ2) is 6.38. The molecule has 0 radical (unpaired) electrons. The SMILES string of the molecule is COc1cccc(NC(N)=NCc2sc(C)nc2C)c1. The molecule has 2 rings (SSSR count). The van der Waals surface area contributed by atoms with Gasteiger partial charge in [0.05, 0.1) is 24.4 Å². The average Bonchev–Trinajstić information content (AvgIpc) is 2.75. The van der Waals surface area contributed by atoms with Crippen LogP contribution in [0, 0.1) is 13.8 Å². The van der Waals surface area contributed by atoms with Crippen molar-refractivity contribution < 1.29 is 4.74 Å². The number of nitrogens with zero attached hydrogens (tertiary/aromatic N) is 2. The molecule has 0 bridgehead atoms. The molecule has 0 aliphatic heterocycles. The maximum absolute atomic E-state index is 5.88. The predicted molar refractivity (Wildman–Crippen MR) is 83.5 cm³/mol. The van der Waals surface area contributed by atoms with Gasteiger partial charge in [-0.15, -0.1) is 11.3 Å². The highest BCUT2D eigenvalue weighted by Crippen LogP contribution is 2.18. The van der Waals surface area contributed by atoms with Crippen LogP contribution in [0.4, 0.5) is 5.69 Å². The third kappa shape index (κ3) is 3.71. The van der Waals surface area contributed by atoms with E-state index in [-0.39, 0.29) is 0 Å². The lowest BCUT2D eigenvalue weighted by Gasteiger charge is -2.07. The van der Waals surface area contributed by atoms with E-state index in [0.717, 1.165) is 27.0 Å². The number of hydrogen-bond donors (Lipinski definition) is 2. The zero-order valence-corrected chi connectivity index (χ0v) is 12.6. The van der Waals surface area contributed by atoms with Gasteiger partial charge in [0.25, 0.3) is 0 Å². The molecule has 0 amide bonds. The molecule has 0 atom stereocenters. The molecule has 20 heavy (non-hydrogen) atoms. The van der Waals surface area contributed by atoms with E-state index in [0.29, 0.717) is 12.5 Å². The van der Waals surface area contributed by atoms with E-state index in [1.807, 2.05) is 38.1 Å². The Morgan fingerprint density at radius 2 is 2.25 bits per heavy atom. The molecule has 0 saturated heterocycles. The topological polar surface area (TPSA) is 72.5 Å². The zero-order valence-electron chi connectivity index (χ0n) is 11.8. The largest absolute Gasteiger partial charge is 0.497 e. The molecule has 0 saturated carbocycles. The summed E-state index contributed by atoms with van der Waals surface area (Å²) in [6.07, 6.45) is 0. The molecule has 5 nitrogen and oxygen atoms in total. The van der Waals surface area contributed by atoms with Crippen LogP contribution in [0.3, 0.4) is 0 Å². The highest BCUT2D eigenvalue weighted by atomic mass is 32.1. The quantitative estimate of drug-likeness (QED) is 0.671. The Morgan fingerprint density at radius 3 is 2.90 bits per heavy atom. The van der Waals surface area contributed by atoms with Crippen molar-refractivity contribution in [1.82, 2.24) is 4.98 Å². The molecule has 1 aromatic carbocycles. The number of aromatic nitrogens is 1. The minimum atomic E-state index is 0.378. The van der Waals surface area contributed by atoms with Crippen molar-refractivity contribution in [2.75, 3.05) is 12.4 Å². The van der Waals surface area contributed by atoms with Gasteiger partial charge in [-0.25, -0.2) is 9.98 Å². The minimum absolute atomic E-state index is 0.378. The molecule has 0 spiro atoms. The molecule has 106 valence electrons. The summed E-state index contributed by atoms with van der Waals surface area (Å²) >= 11 is 1.65. The summed E-state index contributed by atoms with van der Waals surface area (Å²) in [5.41, 5.74) is 7.75. The normalized spacial score (nSPS) is 11.4. The van der Waals surface area contributed by atoms with Crippen LogP contribution in [0.2, 0.25) is 0 Å². The maximum Gasteiger partial charge on any atom is 0.193 e. The maximum atomic E-state index is 5.88. The van der Waals surface area contributed by atoms with Gasteiger partial charge in [0, 0.05) is 16.6 Å². The lowest BCUT2D eigenvalue weighted by atomic mass is 10.3. The summed E-state index contributed by atoms with van der Waals surface area (Å²) in [6.45, 7) is 4.52. The summed E-state index contributed by atoms with van der Waals surface area (Å²) in [6, 6.07) is 7.55. The van der Waals surface area contributed by atoms with E-state index in [1.54, 1.807) is 18.4 Å². The number of anilines is 1. The van der Waals surface area contributed by atoms with Gasteiger partial charge in [-0.2, -0.15) is 0 Å². The number of nitrogens with two attached hydrogens (primary N) is 1. The van der Waals surface area contributed by atoms with Crippen LogP contribution in [0.25, 0.3) is 0 Å². The summed E-state index contributed by atoms with van der Waals surface area (Å²) in [5, 5.41) is 4.09. The number of guanidine groups is 1. The van der Waals surface area contributed by atoms with Gasteiger partial charge in [0.1, 0.15) is 5.75 Å². The second-order valence-electron chi connectivity index (χ2n) is 4.30. The van der Waals surface area contributed by atoms with Crippen molar-refractivity contribution in [1.29, 1.82) is 0 Å². The van der Waals surface area contributed by atoms with Crippen molar-refractivity contribution in [3.8, 4) is 5.75 Å². The summed E-state index contributed by atoms with van der Waals surface area (Å²) in [5.74, 6) is 1.15. The summed E-state index contributed by atoms with van der Waals surface area (Å²) in [4.78, 5) is 9.84. The van der Waals surface area contributed by atoms with Gasteiger partial charge in [0.15, 0.2) is 5.96 Å². The zero-order chi connectivity index (χ0) is 14.5. The van der Waals surface area contributed by atoms with Crippen LogP contribution >= 0.6 is 11.3 Å². The Hall–Kier alpha value is -2.08. The van der Waals surface area contributed by atoms with Crippen molar-refractivity contribution in [3.63, 3.8) is 0 Å². The minimum Gasteiger partial charge on any atom is -0.497 e. The van der Waals surface area contributed by atoms with Crippen molar-refractivity contribution in [2.45, 2.75) is 20.4 Å². The Kier molecular flexibility index (Phi) is 4.57. The number of ether oxygens (including phenoxy) is 1. The first-order valence-electron chi connectivity index (χ1n) is 6.22. The van der Waals surface area contributed by atoms with Crippen molar-refractivity contribution >= 4 is 23.0 Å². The highest BCUT2D eigenvalue weighted by Gasteiger charge is 2.04. The van der Waals surface area contributed by atoms with Crippen LogP contribution in [0.1, 0.15) is 15.6 Å². The van der Waals surface area contributed by atoms with E-state index < -0.39 is 0 Å². The number of aliphatic imine (C=N–C) groups is 1. The van der Waals surface area contributed by atoms with E-state index in [4.69, 9.17) is 10.5 Å². The fourth-order valence-corrected chi connectivity index (χ4v) is 2.63. The van der Waals surface area contributed by atoms with E-state index in [2.05, 4.69) is 15.3 Å². The first-order valence-corrected chi connectivity index (χ1v) is 7.04. The van der Waals surface area contributed by atoms with Gasteiger partial charge in [-0.3, -0.25) is 0 Å². The van der Waals surface area contributed by atoms with Crippen LogP contribution in [0.5, 0.6) is 5.75 Å². The summed E-state index contributed by atoms with van der Waals surface area (Å²) < 4.78 is 5.16. The summed E-state index contributed by atoms with van der Waals surface area (Å²) in [7, 11) is 1.63. The van der Waals surface area contributed by atoms with Crippen molar-refractivity contribution in [3.05, 3.63) is 39.8 Å². The molecule has 0 unspecified atom stereocenters. The third-order valence-corrected chi connectivity index (χ3v) is 3.79. The van der Waals surface area contributed by atoms with Crippen LogP contribution in [0.15, 0.2) is 29.3 Å². The lowest BCUT2D eigenvalue weighted by molar-refractivity contribution is 0.415. The van der Waals surface area contributed by atoms with Crippen LogP contribution in [-0.2, 0) is 6.54 Å². The Morgan fingerprint density at radius 1 is 1.45 bits per heavy atom. The number of aryl methyl sites for hydroxylation is 2. The average molecular weight is 290 g/mol. The fraction of sp³-hybridized carbons (Fsp3) is 0.286. The number of nitrogens with one attached hydrogen (secondary N) is 1. The number of thiazole rings is 1. The highest BCUT2D eigenvalue weighted by molar-refractivity contribution is 7.11. The van der Waals surface area contributed by atoms with Gasteiger partial charge in [-0.05, 0) is 26.0 Å². The molecule has 6 heteroatoms. The number of benzene rings is 1. The Balaban J connectivity index is 2.02. The molecular formula is C14H18N4OS. The molecule has 3 N–H and O–H groups in total. The smallest absolute Gasteiger partial charge is 0.193 e. The molecule has 1 heterocycles. The van der Waals surface area contributed by atoms with E-state index in [1.165, 1.54) is 0 Å². The fourth-order valence-electron chi connectivity index (χ4n) is 1.77. The monoisotopic (exact) mass is 290 g/mol. The van der Waals surface area contributed by atoms with Gasteiger partial charge < -0.3 is 15.8 Å². The molecular weight excluding hydrogens is 272 g/mol. The molecule has 1 aromatic heterocycles. The number of rotatable bonds is 4. The first kappa shape index (κ1) is 14.3. The van der Waals surface area contributed by atoms with Gasteiger partial charge >= 0.3 is 0 Å². The van der Waals surface area contributed by atoms with Gasteiger partial charge in [-0.1, -0.05) is 6.07 Å². The molecule has 0 aliphatic carbocycles. The van der Waals surface area contributed by atoms with E-state index in [9.17, 15) is 0 Å². The van der Waals surface area contributed by atoms with E-state index >= 15 is 0 Å². The Labute approximate surface area is 122 Å². The first-order chi connectivity index (χ1) is 9.58. The van der Waals surface area contributed by atoms with Crippen molar-refractivity contribution in [2.24, 2.45) is 10.7 Å². The third-order valence-electron chi connectivity index (χ3n) is 2.73. The lowest BCUT2D eigenvalue weighted by Crippen LogP contribution is -2.22. The van der Waals surface area contributed by atoms with Crippen LogP contribution in [-0.4, -0.2) is 18.1 Å². The molecule has 0 aliphatic rings. The standard InChI is InChI=1S/C14H18N4OS/c1-9-13(20-10(2)17-9)8-16-14(15)18-11-5-4-6-12(7-11)19-3/h4-7H,8H2,1-3H3,(H3,15,16,18). The Bertz CT molecular complexity index is 621. The second-order valence-corrected chi connectivity index (χ2v) is 5.59. The number of hydrogen-bond acceptors (Lipinski definition) is 4. The number of methoxy groups -OCH3 is 1. The van der Waals surface area contributed by atoms with Gasteiger partial charge in [0.2, 0.25) is 0 Å². The molecule has 2 aromatic rings.